The number of pyridine rings is 1. The molecule has 2 bridgehead atoms. The Labute approximate surface area is 197 Å². The predicted molar refractivity (Wildman–Crippen MR) is 129 cm³/mol. The molecule has 2 aromatic rings. The van der Waals surface area contributed by atoms with Gasteiger partial charge in [-0.2, -0.15) is 0 Å². The number of hydrogen-bond acceptors (Lipinski definition) is 5. The standard InChI is InChI=1S/C27H37N3O3/c1-18-5-6-21(16-28-18)13-27(31)29-23-14-24-8-9-25(15-23)30(24)17-22-7-10-26(20(3)19(22)2)33-12-11-32-4/h5-7,10,16,23-25H,8-9,11-15,17H2,1-4H3,(H,29,31). The van der Waals surface area contributed by atoms with Crippen LogP contribution in [0.2, 0.25) is 0 Å². The summed E-state index contributed by atoms with van der Waals surface area (Å²) in [6, 6.07) is 9.61. The van der Waals surface area contributed by atoms with Crippen molar-refractivity contribution in [1.82, 2.24) is 15.2 Å². The Balaban J connectivity index is 1.33. The van der Waals surface area contributed by atoms with E-state index >= 15 is 0 Å². The summed E-state index contributed by atoms with van der Waals surface area (Å²) in [6.07, 6.45) is 6.71. The van der Waals surface area contributed by atoms with Crippen LogP contribution in [-0.2, 0) is 22.5 Å². The first kappa shape index (κ1) is 23.7. The number of hydrogen-bond donors (Lipinski definition) is 1. The lowest BCUT2D eigenvalue weighted by Crippen LogP contribution is -2.50. The highest BCUT2D eigenvalue weighted by molar-refractivity contribution is 5.78. The molecule has 2 atom stereocenters. The van der Waals surface area contributed by atoms with Gasteiger partial charge in [0.2, 0.25) is 5.91 Å². The van der Waals surface area contributed by atoms with Gasteiger partial charge in [-0.3, -0.25) is 14.7 Å². The summed E-state index contributed by atoms with van der Waals surface area (Å²) in [6.45, 7) is 8.43. The first-order chi connectivity index (χ1) is 15.9. The Morgan fingerprint density at radius 1 is 1.06 bits per heavy atom. The molecule has 6 heteroatoms. The van der Waals surface area contributed by atoms with E-state index in [0.29, 0.717) is 31.7 Å². The van der Waals surface area contributed by atoms with Gasteiger partial charge in [0.1, 0.15) is 12.4 Å². The number of fused-ring (bicyclic) bond motifs is 2. The van der Waals surface area contributed by atoms with Crippen molar-refractivity contribution < 1.29 is 14.3 Å². The number of aryl methyl sites for hydroxylation is 1. The van der Waals surface area contributed by atoms with Crippen molar-refractivity contribution in [3.05, 3.63) is 58.4 Å². The van der Waals surface area contributed by atoms with Crippen LogP contribution in [0.4, 0.5) is 0 Å². The first-order valence-corrected chi connectivity index (χ1v) is 12.1. The minimum atomic E-state index is 0.106. The van der Waals surface area contributed by atoms with Crippen molar-refractivity contribution in [3.63, 3.8) is 0 Å². The summed E-state index contributed by atoms with van der Waals surface area (Å²) in [5, 5.41) is 3.30. The van der Waals surface area contributed by atoms with E-state index in [0.717, 1.165) is 36.4 Å². The molecule has 178 valence electrons. The number of aromatic nitrogens is 1. The Bertz CT molecular complexity index is 946. The Morgan fingerprint density at radius 3 is 2.48 bits per heavy atom. The second-order valence-electron chi connectivity index (χ2n) is 9.59. The zero-order valence-electron chi connectivity index (χ0n) is 20.4. The molecule has 4 rings (SSSR count). The molecule has 2 unspecified atom stereocenters. The van der Waals surface area contributed by atoms with Gasteiger partial charge in [0.25, 0.3) is 0 Å². The molecule has 1 amide bonds. The van der Waals surface area contributed by atoms with E-state index in [1.807, 2.05) is 19.1 Å². The van der Waals surface area contributed by atoms with Crippen LogP contribution >= 0.6 is 0 Å². The minimum absolute atomic E-state index is 0.106. The van der Waals surface area contributed by atoms with Crippen LogP contribution in [0.25, 0.3) is 0 Å². The number of nitrogens with one attached hydrogen (secondary N) is 1. The van der Waals surface area contributed by atoms with Gasteiger partial charge in [-0.1, -0.05) is 12.1 Å². The van der Waals surface area contributed by atoms with Crippen molar-refractivity contribution in [2.24, 2.45) is 0 Å². The molecule has 33 heavy (non-hydrogen) atoms. The van der Waals surface area contributed by atoms with Gasteiger partial charge in [-0.25, -0.2) is 0 Å². The fraction of sp³-hybridized carbons (Fsp3) is 0.556. The average Bonchev–Trinajstić information content (AvgIpc) is 3.02. The number of amides is 1. The minimum Gasteiger partial charge on any atom is -0.491 e. The van der Waals surface area contributed by atoms with Crippen LogP contribution < -0.4 is 10.1 Å². The number of piperidine rings is 1. The summed E-state index contributed by atoms with van der Waals surface area (Å²) in [5.41, 5.74) is 5.84. The van der Waals surface area contributed by atoms with E-state index in [1.54, 1.807) is 13.3 Å². The fourth-order valence-corrected chi connectivity index (χ4v) is 5.33. The predicted octanol–water partition coefficient (Wildman–Crippen LogP) is 3.89. The van der Waals surface area contributed by atoms with Crippen molar-refractivity contribution in [1.29, 1.82) is 0 Å². The molecule has 2 saturated heterocycles. The zero-order valence-corrected chi connectivity index (χ0v) is 20.4. The molecule has 0 aliphatic carbocycles. The second kappa shape index (κ2) is 10.7. The third-order valence-corrected chi connectivity index (χ3v) is 7.33. The molecule has 6 nitrogen and oxygen atoms in total. The molecule has 1 N–H and O–H groups in total. The summed E-state index contributed by atoms with van der Waals surface area (Å²) < 4.78 is 11.0. The Hall–Kier alpha value is -2.44. The maximum absolute atomic E-state index is 12.6. The summed E-state index contributed by atoms with van der Waals surface area (Å²) in [4.78, 5) is 19.6. The Kier molecular flexibility index (Phi) is 7.66. The third kappa shape index (κ3) is 5.74. The van der Waals surface area contributed by atoms with Crippen molar-refractivity contribution in [2.45, 2.75) is 77.5 Å². The number of methoxy groups -OCH3 is 1. The maximum atomic E-state index is 12.6. The molecule has 2 fully saturated rings. The summed E-state index contributed by atoms with van der Waals surface area (Å²) in [5.74, 6) is 1.05. The number of benzene rings is 1. The van der Waals surface area contributed by atoms with Gasteiger partial charge in [0, 0.05) is 43.7 Å². The van der Waals surface area contributed by atoms with Gasteiger partial charge in [0.15, 0.2) is 0 Å². The summed E-state index contributed by atoms with van der Waals surface area (Å²) >= 11 is 0. The lowest BCUT2D eigenvalue weighted by molar-refractivity contribution is -0.121. The molecule has 2 aliphatic heterocycles. The molecular weight excluding hydrogens is 414 g/mol. The quantitative estimate of drug-likeness (QED) is 0.586. The topological polar surface area (TPSA) is 63.7 Å². The zero-order chi connectivity index (χ0) is 23.4. The lowest BCUT2D eigenvalue weighted by Gasteiger charge is -2.39. The van der Waals surface area contributed by atoms with Crippen LogP contribution in [0.5, 0.6) is 5.75 Å². The number of nitrogens with zero attached hydrogens (tertiary/aromatic N) is 2. The molecular formula is C27H37N3O3. The molecule has 1 aromatic carbocycles. The van der Waals surface area contributed by atoms with E-state index < -0.39 is 0 Å². The van der Waals surface area contributed by atoms with Crippen LogP contribution in [0.1, 0.15) is 53.6 Å². The van der Waals surface area contributed by atoms with E-state index in [-0.39, 0.29) is 11.9 Å². The van der Waals surface area contributed by atoms with Gasteiger partial charge in [-0.05, 0) is 80.8 Å². The molecule has 1 aromatic heterocycles. The number of carbonyl (C=O) groups is 1. The largest absolute Gasteiger partial charge is 0.491 e. The number of carbonyl (C=O) groups excluding carboxylic acids is 1. The molecule has 0 spiro atoms. The van der Waals surface area contributed by atoms with E-state index in [4.69, 9.17) is 9.47 Å². The monoisotopic (exact) mass is 451 g/mol. The summed E-state index contributed by atoms with van der Waals surface area (Å²) in [7, 11) is 1.69. The van der Waals surface area contributed by atoms with E-state index in [9.17, 15) is 4.79 Å². The smallest absolute Gasteiger partial charge is 0.224 e. The molecule has 0 saturated carbocycles. The maximum Gasteiger partial charge on any atom is 0.224 e. The third-order valence-electron chi connectivity index (χ3n) is 7.33. The normalized spacial score (nSPS) is 22.4. The van der Waals surface area contributed by atoms with Gasteiger partial charge in [0.05, 0.1) is 13.0 Å². The van der Waals surface area contributed by atoms with Crippen LogP contribution in [-0.4, -0.2) is 54.2 Å². The second-order valence-corrected chi connectivity index (χ2v) is 9.59. The average molecular weight is 452 g/mol. The van der Waals surface area contributed by atoms with Gasteiger partial charge < -0.3 is 14.8 Å². The van der Waals surface area contributed by atoms with Crippen LogP contribution in [0, 0.1) is 20.8 Å². The van der Waals surface area contributed by atoms with Crippen molar-refractivity contribution in [2.75, 3.05) is 20.3 Å². The van der Waals surface area contributed by atoms with Gasteiger partial charge >= 0.3 is 0 Å². The first-order valence-electron chi connectivity index (χ1n) is 12.1. The van der Waals surface area contributed by atoms with Gasteiger partial charge in [-0.15, -0.1) is 0 Å². The van der Waals surface area contributed by atoms with Crippen molar-refractivity contribution in [3.8, 4) is 5.75 Å². The highest BCUT2D eigenvalue weighted by atomic mass is 16.5. The fourth-order valence-electron chi connectivity index (χ4n) is 5.33. The van der Waals surface area contributed by atoms with Crippen molar-refractivity contribution >= 4 is 5.91 Å². The SMILES string of the molecule is COCCOc1ccc(CN2C3CCC2CC(NC(=O)Cc2ccc(C)nc2)C3)c(C)c1C. The number of ether oxygens (including phenoxy) is 2. The molecule has 2 aliphatic rings. The molecule has 3 heterocycles. The lowest BCUT2D eigenvalue weighted by atomic mass is 9.95. The van der Waals surface area contributed by atoms with Crippen LogP contribution in [0.3, 0.4) is 0 Å². The van der Waals surface area contributed by atoms with Crippen LogP contribution in [0.15, 0.2) is 30.5 Å². The highest BCUT2D eigenvalue weighted by Gasteiger charge is 2.41. The number of rotatable bonds is 9. The molecule has 0 radical (unpaired) electrons. The Morgan fingerprint density at radius 2 is 1.82 bits per heavy atom. The highest BCUT2D eigenvalue weighted by Crippen LogP contribution is 2.38. The van der Waals surface area contributed by atoms with E-state index in [1.165, 1.54) is 29.5 Å². The van der Waals surface area contributed by atoms with E-state index in [2.05, 4.69) is 41.2 Å².